The van der Waals surface area contributed by atoms with E-state index in [-0.39, 0.29) is 6.10 Å². The summed E-state index contributed by atoms with van der Waals surface area (Å²) in [6, 6.07) is 0. The lowest BCUT2D eigenvalue weighted by Crippen LogP contribution is -2.31. The second-order valence-electron chi connectivity index (χ2n) is 5.62. The summed E-state index contributed by atoms with van der Waals surface area (Å²) < 4.78 is 0. The lowest BCUT2D eigenvalue weighted by molar-refractivity contribution is 0.107. The van der Waals surface area contributed by atoms with Gasteiger partial charge in [-0.15, -0.1) is 0 Å². The van der Waals surface area contributed by atoms with Gasteiger partial charge in [-0.2, -0.15) is 0 Å². The number of allylic oxidation sites excluding steroid dienone is 2. The van der Waals surface area contributed by atoms with Gasteiger partial charge in [0.25, 0.3) is 0 Å². The third kappa shape index (κ3) is 1.42. The predicted octanol–water partition coefficient (Wildman–Crippen LogP) is 3.00. The van der Waals surface area contributed by atoms with Crippen molar-refractivity contribution in [2.45, 2.75) is 46.1 Å². The highest BCUT2D eigenvalue weighted by Gasteiger charge is 2.47. The number of fused-ring (bicyclic) bond motifs is 1. The summed E-state index contributed by atoms with van der Waals surface area (Å²) in [6.07, 6.45) is 8.22. The van der Waals surface area contributed by atoms with E-state index >= 15 is 0 Å². The van der Waals surface area contributed by atoms with Gasteiger partial charge in [0.1, 0.15) is 0 Å². The maximum absolute atomic E-state index is 9.68. The molecule has 1 N–H and O–H groups in total. The predicted molar refractivity (Wildman–Crippen MR) is 58.9 cm³/mol. The van der Waals surface area contributed by atoms with Crippen LogP contribution in [-0.2, 0) is 0 Å². The van der Waals surface area contributed by atoms with Crippen molar-refractivity contribution in [2.24, 2.45) is 23.2 Å². The van der Waals surface area contributed by atoms with Crippen molar-refractivity contribution in [2.75, 3.05) is 0 Å². The minimum Gasteiger partial charge on any atom is -0.393 e. The van der Waals surface area contributed by atoms with Crippen LogP contribution in [0.15, 0.2) is 12.2 Å². The maximum atomic E-state index is 9.68. The summed E-state index contributed by atoms with van der Waals surface area (Å²) in [5.41, 5.74) is 0.455. The van der Waals surface area contributed by atoms with Gasteiger partial charge >= 0.3 is 0 Å². The van der Waals surface area contributed by atoms with Crippen LogP contribution in [0.1, 0.15) is 40.0 Å². The third-order valence-corrected chi connectivity index (χ3v) is 4.77. The van der Waals surface area contributed by atoms with Gasteiger partial charge in [-0.1, -0.05) is 26.0 Å². The number of rotatable bonds is 1. The lowest BCUT2D eigenvalue weighted by atomic mass is 9.66. The fourth-order valence-electron chi connectivity index (χ4n) is 3.34. The Labute approximate surface area is 87.2 Å². The van der Waals surface area contributed by atoms with Crippen LogP contribution in [-0.4, -0.2) is 11.2 Å². The SMILES string of the molecule is CC(O)C1CC2C=CCC(C)C2(C)C1. The van der Waals surface area contributed by atoms with Crippen molar-refractivity contribution in [3.8, 4) is 0 Å². The Kier molecular flexibility index (Phi) is 2.46. The molecule has 1 heteroatoms. The first-order valence-corrected chi connectivity index (χ1v) is 5.89. The highest BCUT2D eigenvalue weighted by atomic mass is 16.3. The second-order valence-corrected chi connectivity index (χ2v) is 5.62. The second kappa shape index (κ2) is 3.37. The molecule has 1 nitrogen and oxygen atoms in total. The molecule has 0 aromatic heterocycles. The van der Waals surface area contributed by atoms with Crippen LogP contribution in [0.25, 0.3) is 0 Å². The first-order valence-electron chi connectivity index (χ1n) is 5.89. The van der Waals surface area contributed by atoms with Gasteiger partial charge in [0.15, 0.2) is 0 Å². The van der Waals surface area contributed by atoms with Crippen LogP contribution in [0, 0.1) is 23.2 Å². The molecule has 0 spiro atoms. The molecule has 80 valence electrons. The summed E-state index contributed by atoms with van der Waals surface area (Å²) in [6.45, 7) is 6.72. The highest BCUT2D eigenvalue weighted by molar-refractivity contribution is 5.10. The van der Waals surface area contributed by atoms with Crippen molar-refractivity contribution < 1.29 is 5.11 Å². The van der Waals surface area contributed by atoms with Crippen molar-refractivity contribution in [1.29, 1.82) is 0 Å². The zero-order chi connectivity index (χ0) is 10.3. The van der Waals surface area contributed by atoms with E-state index in [1.54, 1.807) is 0 Å². The molecule has 0 bridgehead atoms. The molecule has 0 radical (unpaired) electrons. The summed E-state index contributed by atoms with van der Waals surface area (Å²) in [4.78, 5) is 0. The summed E-state index contributed by atoms with van der Waals surface area (Å²) >= 11 is 0. The monoisotopic (exact) mass is 194 g/mol. The maximum Gasteiger partial charge on any atom is 0.0540 e. The van der Waals surface area contributed by atoms with Crippen LogP contribution < -0.4 is 0 Å². The molecule has 0 saturated heterocycles. The first-order chi connectivity index (χ1) is 6.54. The van der Waals surface area contributed by atoms with Crippen LogP contribution in [0.4, 0.5) is 0 Å². The number of aliphatic hydroxyl groups is 1. The Morgan fingerprint density at radius 1 is 1.50 bits per heavy atom. The molecule has 0 heterocycles. The molecular formula is C13H22O. The fraction of sp³-hybridized carbons (Fsp3) is 0.846. The van der Waals surface area contributed by atoms with E-state index in [9.17, 15) is 5.11 Å². The zero-order valence-electron chi connectivity index (χ0n) is 9.53. The number of aliphatic hydroxyl groups excluding tert-OH is 1. The Hall–Kier alpha value is -0.300. The van der Waals surface area contributed by atoms with Crippen molar-refractivity contribution >= 4 is 0 Å². The van der Waals surface area contributed by atoms with Crippen molar-refractivity contribution in [1.82, 2.24) is 0 Å². The molecule has 0 aliphatic heterocycles. The molecule has 2 aliphatic rings. The van der Waals surface area contributed by atoms with E-state index in [1.165, 1.54) is 19.3 Å². The Morgan fingerprint density at radius 3 is 2.79 bits per heavy atom. The third-order valence-electron chi connectivity index (χ3n) is 4.77. The minimum atomic E-state index is -0.127. The van der Waals surface area contributed by atoms with Crippen molar-refractivity contribution in [3.63, 3.8) is 0 Å². The quantitative estimate of drug-likeness (QED) is 0.636. The number of hydrogen-bond acceptors (Lipinski definition) is 1. The molecule has 2 aliphatic carbocycles. The van der Waals surface area contributed by atoms with Gasteiger partial charge in [0.2, 0.25) is 0 Å². The Balaban J connectivity index is 2.19. The average molecular weight is 194 g/mol. The summed E-state index contributed by atoms with van der Waals surface area (Å²) in [5, 5.41) is 9.68. The summed E-state index contributed by atoms with van der Waals surface area (Å²) in [7, 11) is 0. The van der Waals surface area contributed by atoms with Gasteiger partial charge in [-0.05, 0) is 49.4 Å². The molecule has 2 rings (SSSR count). The van der Waals surface area contributed by atoms with Crippen LogP contribution in [0.2, 0.25) is 0 Å². The van der Waals surface area contributed by atoms with Crippen LogP contribution in [0.3, 0.4) is 0 Å². The van der Waals surface area contributed by atoms with E-state index in [0.717, 1.165) is 5.92 Å². The van der Waals surface area contributed by atoms with Gasteiger partial charge in [0, 0.05) is 0 Å². The average Bonchev–Trinajstić information content (AvgIpc) is 2.45. The normalized spacial score (nSPS) is 49.0. The number of hydrogen-bond donors (Lipinski definition) is 1. The van der Waals surface area contributed by atoms with E-state index in [2.05, 4.69) is 26.0 Å². The smallest absolute Gasteiger partial charge is 0.0540 e. The fourth-order valence-corrected chi connectivity index (χ4v) is 3.34. The molecule has 1 saturated carbocycles. The highest BCUT2D eigenvalue weighted by Crippen LogP contribution is 2.55. The zero-order valence-corrected chi connectivity index (χ0v) is 9.53. The largest absolute Gasteiger partial charge is 0.393 e. The van der Waals surface area contributed by atoms with Gasteiger partial charge in [0.05, 0.1) is 6.10 Å². The van der Waals surface area contributed by atoms with Gasteiger partial charge < -0.3 is 5.11 Å². The van der Waals surface area contributed by atoms with Gasteiger partial charge in [-0.3, -0.25) is 0 Å². The first kappa shape index (κ1) is 10.2. The molecule has 0 amide bonds. The molecule has 5 atom stereocenters. The standard InChI is InChI=1S/C13H22O/c1-9-5-4-6-12-7-11(10(2)14)8-13(9,12)3/h4,6,9-12,14H,5,7-8H2,1-3H3. The Morgan fingerprint density at radius 2 is 2.21 bits per heavy atom. The van der Waals surface area contributed by atoms with Crippen LogP contribution >= 0.6 is 0 Å². The van der Waals surface area contributed by atoms with E-state index in [1.807, 2.05) is 6.92 Å². The molecule has 0 aromatic rings. The molecule has 0 aromatic carbocycles. The van der Waals surface area contributed by atoms with Crippen LogP contribution in [0.5, 0.6) is 0 Å². The minimum absolute atomic E-state index is 0.127. The topological polar surface area (TPSA) is 20.2 Å². The van der Waals surface area contributed by atoms with Gasteiger partial charge in [-0.25, -0.2) is 0 Å². The molecule has 14 heavy (non-hydrogen) atoms. The van der Waals surface area contributed by atoms with Crippen molar-refractivity contribution in [3.05, 3.63) is 12.2 Å². The molecular weight excluding hydrogens is 172 g/mol. The Bertz CT molecular complexity index is 244. The molecule has 1 fully saturated rings. The summed E-state index contributed by atoms with van der Waals surface area (Å²) in [5.74, 6) is 2.02. The van der Waals surface area contributed by atoms with E-state index in [4.69, 9.17) is 0 Å². The molecule has 5 unspecified atom stereocenters. The van der Waals surface area contributed by atoms with E-state index < -0.39 is 0 Å². The van der Waals surface area contributed by atoms with E-state index in [0.29, 0.717) is 17.3 Å². The lowest BCUT2D eigenvalue weighted by Gasteiger charge is -2.39.